The zero-order valence-electron chi connectivity index (χ0n) is 43.9. The summed E-state index contributed by atoms with van der Waals surface area (Å²) in [6.07, 6.45) is 3.21. The van der Waals surface area contributed by atoms with Crippen LogP contribution < -0.4 is 21.3 Å². The monoisotopic (exact) mass is 1030 g/mol. The molecule has 1 aliphatic carbocycles. The van der Waals surface area contributed by atoms with E-state index in [9.17, 15) is 28.8 Å². The lowest BCUT2D eigenvalue weighted by molar-refractivity contribution is -0.138. The van der Waals surface area contributed by atoms with E-state index in [1.54, 1.807) is 62.8 Å². The summed E-state index contributed by atoms with van der Waals surface area (Å²) in [7, 11) is 5.59. The minimum Gasteiger partial charge on any atom is -0.453 e. The number of hydrogen-bond donors (Lipinski definition) is 4. The summed E-state index contributed by atoms with van der Waals surface area (Å²) < 4.78 is 32.4. The van der Waals surface area contributed by atoms with Crippen LogP contribution in [0, 0.1) is 0 Å². The summed E-state index contributed by atoms with van der Waals surface area (Å²) in [4.78, 5) is 86.5. The number of carbonyl (C=O) groups excluding carboxylic acids is 6. The Hall–Kier alpha value is -6.86. The highest BCUT2D eigenvalue weighted by Crippen LogP contribution is 2.55. The zero-order valence-corrected chi connectivity index (χ0v) is 43.9. The second-order valence-corrected chi connectivity index (χ2v) is 19.2. The molecule has 0 saturated carbocycles. The number of nitrogens with zero attached hydrogens (tertiary/aromatic N) is 2. The van der Waals surface area contributed by atoms with Crippen LogP contribution in [-0.2, 0) is 53.0 Å². The SMILES string of the molecule is CCCCC1(CCCC)c2cc(NC(=O)[C@@H]3C[C@@H](OCCOC)CN3C(=O)[C@H](NC(=O)OC)c3ccccc3)ccc2-c2ccc(NC(=O)[C@@H]3C[C@@H](OCCOC)CN3C(=O)[C@H](NC(=O)OC)c3ccccc3)cc21. The number of carbonyl (C=O) groups is 6. The summed E-state index contributed by atoms with van der Waals surface area (Å²) in [5, 5.41) is 11.7. The lowest BCUT2D eigenvalue weighted by Gasteiger charge is -2.33. The Balaban J connectivity index is 1.18. The van der Waals surface area contributed by atoms with Gasteiger partial charge in [-0.1, -0.05) is 112 Å². The quantitative estimate of drug-likeness (QED) is 0.0498. The van der Waals surface area contributed by atoms with Crippen molar-refractivity contribution >= 4 is 47.2 Å². The maximum atomic E-state index is 14.6. The summed E-state index contributed by atoms with van der Waals surface area (Å²) in [6.45, 7) is 5.74. The number of nitrogens with one attached hydrogen (secondary N) is 4. The average molecular weight is 1030 g/mol. The molecule has 2 heterocycles. The predicted octanol–water partition coefficient (Wildman–Crippen LogP) is 7.67. The van der Waals surface area contributed by atoms with Gasteiger partial charge in [0.1, 0.15) is 24.2 Å². The standard InChI is InChI=1S/C57H72N6O12/c1-7-9-25-57(26-10-8-2)45-31-39(58-51(64)47-33-41(74-29-27-70-3)35-62(47)53(66)49(60-55(68)72-5)37-17-13-11-14-18-37)21-23-43(45)44-24-22-40(32-46(44)57)59-52(65)48-34-42(75-30-28-71-4)36-63(48)54(67)50(61-56(69)73-6)38-19-15-12-16-20-38/h11-24,31-32,41-42,47-50H,7-10,25-30,33-36H2,1-6H3,(H,58,64)(H,59,65)(H,60,68)(H,61,69)/t41-,42-,47+,48+,49-,50-/m1/s1. The molecule has 7 rings (SSSR count). The van der Waals surface area contributed by atoms with Crippen LogP contribution in [0.15, 0.2) is 97.1 Å². The number of alkyl carbamates (subject to hydrolysis) is 2. The van der Waals surface area contributed by atoms with E-state index in [1.807, 2.05) is 48.5 Å². The Bertz CT molecular complexity index is 2420. The third-order valence-electron chi connectivity index (χ3n) is 14.4. The van der Waals surface area contributed by atoms with Crippen LogP contribution in [0.25, 0.3) is 11.1 Å². The number of benzene rings is 4. The second-order valence-electron chi connectivity index (χ2n) is 19.2. The number of rotatable bonds is 24. The molecule has 18 heteroatoms. The number of methoxy groups -OCH3 is 4. The molecule has 2 aliphatic heterocycles. The van der Waals surface area contributed by atoms with Crippen LogP contribution in [0.4, 0.5) is 21.0 Å². The molecule has 75 heavy (non-hydrogen) atoms. The van der Waals surface area contributed by atoms with Crippen molar-refractivity contribution in [3.8, 4) is 11.1 Å². The van der Waals surface area contributed by atoms with Crippen molar-refractivity contribution < 1.29 is 57.2 Å². The minimum atomic E-state index is -1.13. The van der Waals surface area contributed by atoms with E-state index in [2.05, 4.69) is 35.1 Å². The first kappa shape index (κ1) is 55.9. The Morgan fingerprint density at radius 2 is 0.960 bits per heavy atom. The largest absolute Gasteiger partial charge is 0.453 e. The van der Waals surface area contributed by atoms with Gasteiger partial charge in [-0.25, -0.2) is 9.59 Å². The van der Waals surface area contributed by atoms with Gasteiger partial charge in [-0.3, -0.25) is 19.2 Å². The van der Waals surface area contributed by atoms with Gasteiger partial charge in [0, 0.05) is 56.9 Å². The third kappa shape index (κ3) is 13.2. The van der Waals surface area contributed by atoms with Gasteiger partial charge in [-0.05, 0) is 70.5 Å². The highest BCUT2D eigenvalue weighted by atomic mass is 16.5. The van der Waals surface area contributed by atoms with Gasteiger partial charge in [0.05, 0.1) is 52.9 Å². The van der Waals surface area contributed by atoms with Gasteiger partial charge in [0.25, 0.3) is 11.8 Å². The van der Waals surface area contributed by atoms with Crippen LogP contribution >= 0.6 is 0 Å². The van der Waals surface area contributed by atoms with E-state index < -0.39 is 77.6 Å². The maximum absolute atomic E-state index is 14.6. The fourth-order valence-electron chi connectivity index (χ4n) is 10.7. The molecule has 0 bridgehead atoms. The first-order valence-corrected chi connectivity index (χ1v) is 25.9. The van der Waals surface area contributed by atoms with E-state index in [0.29, 0.717) is 35.7 Å². The van der Waals surface area contributed by atoms with Gasteiger partial charge in [0.15, 0.2) is 0 Å². The van der Waals surface area contributed by atoms with E-state index >= 15 is 0 Å². The van der Waals surface area contributed by atoms with Gasteiger partial charge in [-0.15, -0.1) is 0 Å². The number of fused-ring (bicyclic) bond motifs is 3. The second kappa shape index (κ2) is 26.6. The summed E-state index contributed by atoms with van der Waals surface area (Å²) in [5.41, 5.74) is 5.84. The van der Waals surface area contributed by atoms with Gasteiger partial charge in [0.2, 0.25) is 11.8 Å². The van der Waals surface area contributed by atoms with Crippen LogP contribution in [0.1, 0.15) is 99.6 Å². The fraction of sp³-hybridized carbons (Fsp3) is 0.474. The Labute approximate surface area is 439 Å². The fourth-order valence-corrected chi connectivity index (χ4v) is 10.7. The lowest BCUT2D eigenvalue weighted by Crippen LogP contribution is -2.48. The van der Waals surface area contributed by atoms with Crippen molar-refractivity contribution in [1.29, 1.82) is 0 Å². The Morgan fingerprint density at radius 3 is 1.32 bits per heavy atom. The van der Waals surface area contributed by atoms with Crippen molar-refractivity contribution in [3.05, 3.63) is 119 Å². The predicted molar refractivity (Wildman–Crippen MR) is 282 cm³/mol. The van der Waals surface area contributed by atoms with E-state index in [-0.39, 0.29) is 39.1 Å². The Kier molecular flexibility index (Phi) is 19.8. The molecule has 3 aliphatic rings. The molecule has 4 aromatic carbocycles. The van der Waals surface area contributed by atoms with E-state index in [4.69, 9.17) is 28.4 Å². The van der Waals surface area contributed by atoms with Gasteiger partial charge < -0.3 is 59.5 Å². The third-order valence-corrected chi connectivity index (χ3v) is 14.4. The highest BCUT2D eigenvalue weighted by molar-refractivity contribution is 6.01. The molecule has 4 aromatic rings. The first-order valence-electron chi connectivity index (χ1n) is 25.9. The highest BCUT2D eigenvalue weighted by Gasteiger charge is 2.47. The topological polar surface area (TPSA) is 212 Å². The van der Waals surface area contributed by atoms with Gasteiger partial charge in [-0.2, -0.15) is 0 Å². The molecule has 2 fully saturated rings. The van der Waals surface area contributed by atoms with Crippen LogP contribution in [0.5, 0.6) is 0 Å². The Morgan fingerprint density at radius 1 is 0.560 bits per heavy atom. The van der Waals surface area contributed by atoms with E-state index in [0.717, 1.165) is 60.8 Å². The summed E-state index contributed by atoms with van der Waals surface area (Å²) >= 11 is 0. The smallest absolute Gasteiger partial charge is 0.407 e. The molecular formula is C57H72N6O12. The number of likely N-dealkylation sites (tertiary alicyclic amines) is 2. The van der Waals surface area contributed by atoms with Crippen molar-refractivity contribution in [2.24, 2.45) is 0 Å². The number of unbranched alkanes of at least 4 members (excludes halogenated alkanes) is 2. The molecule has 2 saturated heterocycles. The summed E-state index contributed by atoms with van der Waals surface area (Å²) in [5.74, 6) is -1.77. The zero-order chi connectivity index (χ0) is 53.5. The first-order chi connectivity index (χ1) is 36.4. The van der Waals surface area contributed by atoms with Crippen LogP contribution in [0.3, 0.4) is 0 Å². The summed E-state index contributed by atoms with van der Waals surface area (Å²) in [6, 6.07) is 25.4. The molecule has 0 aromatic heterocycles. The molecule has 0 spiro atoms. The van der Waals surface area contributed by atoms with Crippen LogP contribution in [0.2, 0.25) is 0 Å². The van der Waals surface area contributed by atoms with Crippen LogP contribution in [-0.4, -0.2) is 138 Å². The number of ether oxygens (including phenoxy) is 6. The minimum absolute atomic E-state index is 0.112. The van der Waals surface area contributed by atoms with Crippen molar-refractivity contribution in [2.45, 2.75) is 107 Å². The molecule has 6 atom stereocenters. The van der Waals surface area contributed by atoms with Gasteiger partial charge >= 0.3 is 12.2 Å². The molecule has 18 nitrogen and oxygen atoms in total. The maximum Gasteiger partial charge on any atom is 0.407 e. The normalized spacial score (nSPS) is 19.1. The molecule has 0 unspecified atom stereocenters. The van der Waals surface area contributed by atoms with E-state index in [1.165, 1.54) is 24.0 Å². The molecule has 402 valence electrons. The molecular weight excluding hydrogens is 961 g/mol. The van der Waals surface area contributed by atoms with Crippen molar-refractivity contribution in [3.63, 3.8) is 0 Å². The number of hydrogen-bond acceptors (Lipinski definition) is 12. The number of anilines is 2. The van der Waals surface area contributed by atoms with Crippen molar-refractivity contribution in [2.75, 3.05) is 78.6 Å². The molecule has 0 radical (unpaired) electrons. The van der Waals surface area contributed by atoms with Crippen molar-refractivity contribution in [1.82, 2.24) is 20.4 Å². The average Bonchev–Trinajstić information content (AvgIpc) is 4.16. The lowest BCUT2D eigenvalue weighted by atomic mass is 9.70. The number of amides is 6. The molecule has 4 N–H and O–H groups in total. The molecule has 6 amide bonds.